The molecule has 2 aromatic carbocycles. The number of carbonyl (C=O) groups excluding carboxylic acids is 1. The second kappa shape index (κ2) is 12.4. The molecule has 0 N–H and O–H groups in total. The third-order valence-corrected chi connectivity index (χ3v) is 11.3. The number of hydrogen-bond acceptors (Lipinski definition) is 8. The topological polar surface area (TPSA) is 77.9 Å². The van der Waals surface area contributed by atoms with Gasteiger partial charge >= 0.3 is 6.01 Å². The van der Waals surface area contributed by atoms with Gasteiger partial charge in [-0.05, 0) is 76.0 Å². The number of rotatable bonds is 6. The second-order valence-electron chi connectivity index (χ2n) is 13.7. The van der Waals surface area contributed by atoms with E-state index >= 15 is 4.39 Å². The largest absolute Gasteiger partial charge is 0.461 e. The molecule has 6 heterocycles. The fourth-order valence-electron chi connectivity index (χ4n) is 8.03. The smallest absolute Gasteiger partial charge is 0.319 e. The van der Waals surface area contributed by atoms with Crippen molar-refractivity contribution in [2.75, 3.05) is 58.3 Å². The molecule has 9 nitrogen and oxygen atoms in total. The number of ether oxygens (including phenoxy) is 1. The molecule has 248 valence electrons. The lowest BCUT2D eigenvalue weighted by atomic mass is 9.95. The molecule has 11 heteroatoms. The maximum absolute atomic E-state index is 16.8. The van der Waals surface area contributed by atoms with Crippen molar-refractivity contribution in [1.29, 1.82) is 0 Å². The highest BCUT2D eigenvalue weighted by Crippen LogP contribution is 2.40. The van der Waals surface area contributed by atoms with Crippen LogP contribution in [-0.2, 0) is 4.79 Å². The van der Waals surface area contributed by atoms with Crippen LogP contribution in [0.4, 0.5) is 10.2 Å². The molecule has 0 saturated carbocycles. The van der Waals surface area contributed by atoms with Gasteiger partial charge in [0.1, 0.15) is 23.6 Å². The standard InChI is InChI=1S/C37H39ClFN7O2/c1-43-19-13-25(43)11-12-30(47)45-20-14-26(22-45)44(2)35-28-21-40-33(27-9-3-7-24-8-4-10-29(38)31(24)27)32(39)34(28)41-36(42-35)48-23-37-15-5-17-46(37)18-6-16-37/h3-4,7-10,21,25-26H,5-6,13-20,22-23H2,1-2H3. The van der Waals surface area contributed by atoms with Gasteiger partial charge in [0.15, 0.2) is 5.82 Å². The van der Waals surface area contributed by atoms with E-state index in [0.717, 1.165) is 68.9 Å². The van der Waals surface area contributed by atoms with Crippen LogP contribution in [-0.4, -0.2) is 107 Å². The van der Waals surface area contributed by atoms with Gasteiger partial charge in [0.05, 0.1) is 17.0 Å². The number of likely N-dealkylation sites (N-methyl/N-ethyl adjacent to an activating group) is 1. The Kier molecular flexibility index (Phi) is 8.10. The zero-order valence-electron chi connectivity index (χ0n) is 27.4. The maximum atomic E-state index is 16.8. The molecule has 4 saturated heterocycles. The summed E-state index contributed by atoms with van der Waals surface area (Å²) in [6, 6.07) is 11.5. The van der Waals surface area contributed by atoms with Crippen molar-refractivity contribution in [3.05, 3.63) is 53.4 Å². The van der Waals surface area contributed by atoms with Gasteiger partial charge in [-0.25, -0.2) is 4.39 Å². The average Bonchev–Trinajstić information content (AvgIpc) is 3.83. The van der Waals surface area contributed by atoms with Gasteiger partial charge in [-0.2, -0.15) is 9.97 Å². The highest BCUT2D eigenvalue weighted by molar-refractivity contribution is 6.36. The SMILES string of the molecule is CN1CCC1C#CC(=O)N1CCC(N(C)c2nc(OCC34CCCN3CCC4)nc3c(F)c(-c4cccc5cccc(Cl)c45)ncc23)C1. The Morgan fingerprint density at radius 1 is 1.10 bits per heavy atom. The highest BCUT2D eigenvalue weighted by atomic mass is 35.5. The quantitative estimate of drug-likeness (QED) is 0.254. The molecule has 2 aromatic heterocycles. The predicted octanol–water partition coefficient (Wildman–Crippen LogP) is 5.39. The number of pyridine rings is 1. The summed E-state index contributed by atoms with van der Waals surface area (Å²) in [5.41, 5.74) is 0.890. The van der Waals surface area contributed by atoms with E-state index in [0.29, 0.717) is 41.5 Å². The Morgan fingerprint density at radius 3 is 2.65 bits per heavy atom. The third kappa shape index (κ3) is 5.42. The molecule has 0 radical (unpaired) electrons. The molecule has 8 rings (SSSR count). The first kappa shape index (κ1) is 31.2. The highest BCUT2D eigenvalue weighted by Gasteiger charge is 2.45. The first-order chi connectivity index (χ1) is 23.3. The fraction of sp³-hybridized carbons (Fsp3) is 0.459. The number of amides is 1. The van der Waals surface area contributed by atoms with E-state index in [4.69, 9.17) is 26.3 Å². The summed E-state index contributed by atoms with van der Waals surface area (Å²) in [6.45, 7) is 4.70. The van der Waals surface area contributed by atoms with Gasteiger partial charge in [-0.15, -0.1) is 0 Å². The molecule has 1 amide bonds. The first-order valence-corrected chi connectivity index (χ1v) is 17.3. The number of anilines is 1. The number of halogens is 2. The number of aromatic nitrogens is 3. The zero-order valence-corrected chi connectivity index (χ0v) is 28.1. The van der Waals surface area contributed by atoms with E-state index in [1.165, 1.54) is 0 Å². The van der Waals surface area contributed by atoms with Crippen LogP contribution in [0.15, 0.2) is 42.6 Å². The maximum Gasteiger partial charge on any atom is 0.319 e. The van der Waals surface area contributed by atoms with Crippen molar-refractivity contribution < 1.29 is 13.9 Å². The summed E-state index contributed by atoms with van der Waals surface area (Å²) in [4.78, 5) is 35.7. The Hall–Kier alpha value is -4.04. The molecule has 4 aliphatic heterocycles. The van der Waals surface area contributed by atoms with E-state index in [9.17, 15) is 4.79 Å². The van der Waals surface area contributed by atoms with Crippen LogP contribution in [0.3, 0.4) is 0 Å². The van der Waals surface area contributed by atoms with Gasteiger partial charge in [-0.1, -0.05) is 47.9 Å². The molecule has 4 aromatic rings. The average molecular weight is 668 g/mol. The minimum absolute atomic E-state index is 0.0202. The number of nitrogens with zero attached hydrogens (tertiary/aromatic N) is 7. The molecule has 4 aliphatic rings. The summed E-state index contributed by atoms with van der Waals surface area (Å²) in [7, 11) is 3.96. The minimum Gasteiger partial charge on any atom is -0.461 e. The van der Waals surface area contributed by atoms with Gasteiger partial charge < -0.3 is 14.5 Å². The van der Waals surface area contributed by atoms with Crippen molar-refractivity contribution in [2.24, 2.45) is 0 Å². The molecular weight excluding hydrogens is 629 g/mol. The number of hydrogen-bond donors (Lipinski definition) is 0. The number of fused-ring (bicyclic) bond motifs is 3. The summed E-state index contributed by atoms with van der Waals surface area (Å²) in [5, 5.41) is 2.64. The van der Waals surface area contributed by atoms with Crippen LogP contribution >= 0.6 is 11.6 Å². The van der Waals surface area contributed by atoms with Crippen molar-refractivity contribution in [1.82, 2.24) is 29.7 Å². The molecule has 0 aliphatic carbocycles. The van der Waals surface area contributed by atoms with Crippen LogP contribution in [0.1, 0.15) is 38.5 Å². The van der Waals surface area contributed by atoms with E-state index in [-0.39, 0.29) is 40.8 Å². The van der Waals surface area contributed by atoms with Crippen LogP contribution in [0.5, 0.6) is 6.01 Å². The Bertz CT molecular complexity index is 1960. The number of benzene rings is 2. The third-order valence-electron chi connectivity index (χ3n) is 11.0. The molecule has 0 spiro atoms. The lowest BCUT2D eigenvalue weighted by Gasteiger charge is -2.33. The van der Waals surface area contributed by atoms with Gasteiger partial charge in [0.2, 0.25) is 0 Å². The lowest BCUT2D eigenvalue weighted by Crippen LogP contribution is -2.43. The normalized spacial score (nSPS) is 22.0. The number of carbonyl (C=O) groups is 1. The zero-order chi connectivity index (χ0) is 33.0. The Morgan fingerprint density at radius 2 is 1.90 bits per heavy atom. The molecular formula is C37H39ClFN7O2. The van der Waals surface area contributed by atoms with Gasteiger partial charge in [-0.3, -0.25) is 19.6 Å². The Labute approximate surface area is 285 Å². The predicted molar refractivity (Wildman–Crippen MR) is 186 cm³/mol. The van der Waals surface area contributed by atoms with Crippen LogP contribution in [0.2, 0.25) is 5.02 Å². The summed E-state index contributed by atoms with van der Waals surface area (Å²) in [5.74, 6) is 5.79. The van der Waals surface area contributed by atoms with Crippen LogP contribution < -0.4 is 9.64 Å². The molecule has 48 heavy (non-hydrogen) atoms. The first-order valence-electron chi connectivity index (χ1n) is 17.0. The van der Waals surface area contributed by atoms with E-state index in [1.807, 2.05) is 49.3 Å². The molecule has 2 atom stereocenters. The number of likely N-dealkylation sites (tertiary alicyclic amines) is 2. The van der Waals surface area contributed by atoms with Crippen molar-refractivity contribution in [3.63, 3.8) is 0 Å². The van der Waals surface area contributed by atoms with Crippen molar-refractivity contribution in [2.45, 2.75) is 56.1 Å². The van der Waals surface area contributed by atoms with E-state index in [2.05, 4.69) is 26.6 Å². The van der Waals surface area contributed by atoms with Crippen molar-refractivity contribution in [3.8, 4) is 29.1 Å². The summed E-state index contributed by atoms with van der Waals surface area (Å²) >= 11 is 6.64. The van der Waals surface area contributed by atoms with Gasteiger partial charge in [0, 0.05) is 54.9 Å². The van der Waals surface area contributed by atoms with Gasteiger partial charge in [0.25, 0.3) is 5.91 Å². The Balaban J connectivity index is 1.15. The minimum atomic E-state index is -0.553. The lowest BCUT2D eigenvalue weighted by molar-refractivity contribution is -0.124. The van der Waals surface area contributed by atoms with E-state index in [1.54, 1.807) is 17.2 Å². The molecule has 0 bridgehead atoms. The summed E-state index contributed by atoms with van der Waals surface area (Å²) < 4.78 is 23.2. The second-order valence-corrected chi connectivity index (χ2v) is 14.1. The molecule has 4 fully saturated rings. The van der Waals surface area contributed by atoms with Crippen LogP contribution in [0.25, 0.3) is 32.9 Å². The monoisotopic (exact) mass is 667 g/mol. The van der Waals surface area contributed by atoms with Crippen molar-refractivity contribution >= 4 is 45.0 Å². The fourth-order valence-corrected chi connectivity index (χ4v) is 8.32. The molecule has 2 unspecified atom stereocenters. The van der Waals surface area contributed by atoms with Crippen LogP contribution in [0, 0.1) is 17.7 Å². The summed E-state index contributed by atoms with van der Waals surface area (Å²) in [6.07, 6.45) is 7.80. The van der Waals surface area contributed by atoms with E-state index < -0.39 is 5.82 Å².